The molecule has 0 N–H and O–H groups in total. The molecule has 2 aliphatic heterocycles. The smallest absolute Gasteiger partial charge is 0.416 e. The van der Waals surface area contributed by atoms with Crippen LogP contribution in [0.4, 0.5) is 13.2 Å². The molecule has 2 fully saturated rings. The number of rotatable bonds is 5. The van der Waals surface area contributed by atoms with Crippen LogP contribution in [0.25, 0.3) is 0 Å². The third kappa shape index (κ3) is 5.36. The Hall–Kier alpha value is -3.53. The molecule has 6 nitrogen and oxygen atoms in total. The molecule has 0 atom stereocenters. The number of halogens is 3. The van der Waals surface area contributed by atoms with Crippen LogP contribution in [-0.2, 0) is 6.18 Å². The summed E-state index contributed by atoms with van der Waals surface area (Å²) in [5, 5.41) is 0.716. The Balaban J connectivity index is 1.18. The van der Waals surface area contributed by atoms with Crippen LogP contribution in [0.5, 0.6) is 11.5 Å². The van der Waals surface area contributed by atoms with Crippen molar-refractivity contribution in [3.8, 4) is 11.5 Å². The molecule has 1 spiro atoms. The predicted molar refractivity (Wildman–Crippen MR) is 137 cm³/mol. The van der Waals surface area contributed by atoms with E-state index in [-0.39, 0.29) is 23.0 Å². The number of ether oxygens (including phenoxy) is 1. The zero-order valence-corrected chi connectivity index (χ0v) is 21.5. The summed E-state index contributed by atoms with van der Waals surface area (Å²) in [6.07, 6.45) is 1.03. The molecule has 3 aromatic rings. The van der Waals surface area contributed by atoms with Crippen LogP contribution in [0.15, 0.2) is 71.9 Å². The highest BCUT2D eigenvalue weighted by Crippen LogP contribution is 2.40. The van der Waals surface area contributed by atoms with Gasteiger partial charge in [0.25, 0.3) is 11.8 Å². The van der Waals surface area contributed by atoms with Crippen LogP contribution in [0.1, 0.15) is 39.1 Å². The Labute approximate surface area is 222 Å². The van der Waals surface area contributed by atoms with E-state index in [1.54, 1.807) is 41.4 Å². The second-order valence-electron chi connectivity index (χ2n) is 9.70. The van der Waals surface area contributed by atoms with Crippen molar-refractivity contribution in [1.29, 1.82) is 0 Å². The highest BCUT2D eigenvalue weighted by Gasteiger charge is 2.48. The lowest BCUT2D eigenvalue weighted by Crippen LogP contribution is -2.64. The first-order valence-corrected chi connectivity index (χ1v) is 13.4. The molecule has 2 amide bonds. The van der Waals surface area contributed by atoms with Crippen molar-refractivity contribution in [1.82, 2.24) is 14.8 Å². The van der Waals surface area contributed by atoms with E-state index in [1.807, 2.05) is 17.2 Å². The number of hydrogen-bond acceptors (Lipinski definition) is 5. The van der Waals surface area contributed by atoms with Gasteiger partial charge in [-0.2, -0.15) is 13.2 Å². The molecule has 0 unspecified atom stereocenters. The summed E-state index contributed by atoms with van der Waals surface area (Å²) in [4.78, 5) is 34.2. The summed E-state index contributed by atoms with van der Waals surface area (Å²) in [5.74, 6) is 0.573. The predicted octanol–water partition coefficient (Wildman–Crippen LogP) is 5.99. The molecule has 1 aromatic heterocycles. The lowest BCUT2D eigenvalue weighted by molar-refractivity contribution is -0.137. The zero-order chi connectivity index (χ0) is 26.9. The first kappa shape index (κ1) is 26.1. The van der Waals surface area contributed by atoms with Crippen molar-refractivity contribution in [2.75, 3.05) is 32.4 Å². The average Bonchev–Trinajstić information content (AvgIpc) is 2.91. The fourth-order valence-electron chi connectivity index (χ4n) is 5.13. The number of aromatic nitrogens is 1. The van der Waals surface area contributed by atoms with E-state index in [0.717, 1.165) is 25.0 Å². The average molecular weight is 542 g/mol. The maximum Gasteiger partial charge on any atom is 0.416 e. The molecule has 0 radical (unpaired) electrons. The van der Waals surface area contributed by atoms with E-state index in [2.05, 4.69) is 4.98 Å². The zero-order valence-electron chi connectivity index (χ0n) is 20.7. The summed E-state index contributed by atoms with van der Waals surface area (Å²) in [5.41, 5.74) is 0.272. The van der Waals surface area contributed by atoms with E-state index in [9.17, 15) is 22.8 Å². The molecule has 198 valence electrons. The van der Waals surface area contributed by atoms with Crippen LogP contribution >= 0.6 is 11.8 Å². The summed E-state index contributed by atoms with van der Waals surface area (Å²) in [6, 6.07) is 14.6. The summed E-state index contributed by atoms with van der Waals surface area (Å²) >= 11 is 1.45. The standard InChI is InChI=1S/C28H26F3N3O3S/c1-38-24-23(4-2-14-32-24)26(36)33-15-3-13-27(16-33)17-34(18-27)25(35)19-5-9-21(10-6-19)37-22-11-7-20(8-12-22)28(29,30)31/h2,4-12,14H,3,13,15-18H2,1H3. The van der Waals surface area contributed by atoms with Crippen LogP contribution in [0.2, 0.25) is 0 Å². The summed E-state index contributed by atoms with van der Waals surface area (Å²) in [6.45, 7) is 2.47. The van der Waals surface area contributed by atoms with Gasteiger partial charge in [-0.05, 0) is 79.8 Å². The monoisotopic (exact) mass is 541 g/mol. The molecule has 0 saturated carbocycles. The molecule has 3 heterocycles. The summed E-state index contributed by atoms with van der Waals surface area (Å²) < 4.78 is 43.8. The fraction of sp³-hybridized carbons (Fsp3) is 0.321. The quantitative estimate of drug-likeness (QED) is 0.371. The number of carbonyl (C=O) groups is 2. The Bertz CT molecular complexity index is 1320. The third-order valence-electron chi connectivity index (χ3n) is 7.00. The number of carbonyl (C=O) groups excluding carboxylic acids is 2. The lowest BCUT2D eigenvalue weighted by Gasteiger charge is -2.54. The molecule has 0 bridgehead atoms. The minimum absolute atomic E-state index is 0.0186. The van der Waals surface area contributed by atoms with Gasteiger partial charge in [-0.1, -0.05) is 0 Å². The van der Waals surface area contributed by atoms with Gasteiger partial charge >= 0.3 is 6.18 Å². The lowest BCUT2D eigenvalue weighted by atomic mass is 9.73. The number of amides is 2. The molecule has 10 heteroatoms. The maximum absolute atomic E-state index is 13.2. The van der Waals surface area contributed by atoms with Gasteiger partial charge in [0.15, 0.2) is 0 Å². The van der Waals surface area contributed by atoms with Crippen molar-refractivity contribution in [2.24, 2.45) is 5.41 Å². The molecular formula is C28H26F3N3O3S. The molecule has 2 aliphatic rings. The molecule has 2 aromatic carbocycles. The van der Waals surface area contributed by atoms with E-state index in [4.69, 9.17) is 4.74 Å². The molecule has 38 heavy (non-hydrogen) atoms. The largest absolute Gasteiger partial charge is 0.457 e. The molecule has 0 aliphatic carbocycles. The highest BCUT2D eigenvalue weighted by atomic mass is 32.2. The van der Waals surface area contributed by atoms with Crippen molar-refractivity contribution >= 4 is 23.6 Å². The summed E-state index contributed by atoms with van der Waals surface area (Å²) in [7, 11) is 0. The van der Waals surface area contributed by atoms with Gasteiger partial charge in [0.05, 0.1) is 11.1 Å². The number of benzene rings is 2. The number of thioether (sulfide) groups is 1. The molecular weight excluding hydrogens is 515 g/mol. The number of piperidine rings is 1. The number of hydrogen-bond donors (Lipinski definition) is 0. The van der Waals surface area contributed by atoms with E-state index >= 15 is 0 Å². The molecule has 2 saturated heterocycles. The third-order valence-corrected chi connectivity index (χ3v) is 7.71. The Morgan fingerprint density at radius 3 is 2.18 bits per heavy atom. The SMILES string of the molecule is CSc1ncccc1C(=O)N1CCCC2(CN(C(=O)c3ccc(Oc4ccc(C(F)(F)F)cc4)cc3)C2)C1. The van der Waals surface area contributed by atoms with E-state index in [0.29, 0.717) is 48.1 Å². The topological polar surface area (TPSA) is 62.7 Å². The van der Waals surface area contributed by atoms with Gasteiger partial charge in [-0.3, -0.25) is 9.59 Å². The van der Waals surface area contributed by atoms with Gasteiger partial charge < -0.3 is 14.5 Å². The van der Waals surface area contributed by atoms with Crippen molar-refractivity contribution in [3.05, 3.63) is 83.6 Å². The van der Waals surface area contributed by atoms with Crippen LogP contribution in [-0.4, -0.2) is 59.0 Å². The minimum Gasteiger partial charge on any atom is -0.457 e. The van der Waals surface area contributed by atoms with Crippen molar-refractivity contribution < 1.29 is 27.5 Å². The normalized spacial score (nSPS) is 16.7. The van der Waals surface area contributed by atoms with Crippen LogP contribution in [0, 0.1) is 5.41 Å². The van der Waals surface area contributed by atoms with Crippen molar-refractivity contribution in [3.63, 3.8) is 0 Å². The second kappa shape index (κ2) is 10.3. The second-order valence-corrected chi connectivity index (χ2v) is 10.5. The van der Waals surface area contributed by atoms with Crippen LogP contribution in [0.3, 0.4) is 0 Å². The fourth-order valence-corrected chi connectivity index (χ4v) is 5.67. The highest BCUT2D eigenvalue weighted by molar-refractivity contribution is 7.98. The number of nitrogens with zero attached hydrogens (tertiary/aromatic N) is 3. The Morgan fingerprint density at radius 1 is 0.921 bits per heavy atom. The minimum atomic E-state index is -4.40. The van der Waals surface area contributed by atoms with E-state index < -0.39 is 11.7 Å². The van der Waals surface area contributed by atoms with Crippen LogP contribution < -0.4 is 4.74 Å². The van der Waals surface area contributed by atoms with Gasteiger partial charge in [0.2, 0.25) is 0 Å². The Kier molecular flexibility index (Phi) is 7.09. The first-order valence-electron chi connectivity index (χ1n) is 12.2. The number of pyridine rings is 1. The van der Waals surface area contributed by atoms with Gasteiger partial charge in [-0.25, -0.2) is 4.98 Å². The maximum atomic E-state index is 13.2. The first-order chi connectivity index (χ1) is 18.2. The van der Waals surface area contributed by atoms with Crippen molar-refractivity contribution in [2.45, 2.75) is 24.0 Å². The Morgan fingerprint density at radius 2 is 1.55 bits per heavy atom. The van der Waals surface area contributed by atoms with Gasteiger partial charge in [-0.15, -0.1) is 11.8 Å². The number of alkyl halides is 3. The van der Waals surface area contributed by atoms with Gasteiger partial charge in [0.1, 0.15) is 16.5 Å². The molecule has 5 rings (SSSR count). The van der Waals surface area contributed by atoms with E-state index in [1.165, 1.54) is 23.9 Å². The van der Waals surface area contributed by atoms with Gasteiger partial charge in [0, 0.05) is 43.4 Å². The number of likely N-dealkylation sites (tertiary alicyclic amines) is 2.